The van der Waals surface area contributed by atoms with E-state index in [1.165, 1.54) is 0 Å². The van der Waals surface area contributed by atoms with Crippen LogP contribution in [0.2, 0.25) is 5.02 Å². The van der Waals surface area contributed by atoms with Crippen LogP contribution >= 0.6 is 24.0 Å². The second kappa shape index (κ2) is 6.84. The fourth-order valence-corrected chi connectivity index (χ4v) is 1.88. The van der Waals surface area contributed by atoms with E-state index in [-0.39, 0.29) is 31.1 Å². The number of ether oxygens (including phenoxy) is 2. The summed E-state index contributed by atoms with van der Waals surface area (Å²) in [7, 11) is 0. The van der Waals surface area contributed by atoms with Gasteiger partial charge >= 0.3 is 0 Å². The van der Waals surface area contributed by atoms with E-state index in [1.54, 1.807) is 12.1 Å². The summed E-state index contributed by atoms with van der Waals surface area (Å²) in [5.74, 6) is 0.791. The van der Waals surface area contributed by atoms with Crippen molar-refractivity contribution < 1.29 is 14.3 Å². The smallest absolute Gasteiger partial charge is 0.251 e. The number of rotatable bonds is 4. The molecule has 0 saturated carbocycles. The Hall–Kier alpha value is -1.17. The Morgan fingerprint density at radius 1 is 1.53 bits per heavy atom. The third-order valence-electron chi connectivity index (χ3n) is 2.57. The minimum absolute atomic E-state index is 0. The van der Waals surface area contributed by atoms with Crippen LogP contribution in [0.25, 0.3) is 0 Å². The fourth-order valence-electron chi connectivity index (χ4n) is 1.61. The van der Waals surface area contributed by atoms with Crippen LogP contribution in [-0.4, -0.2) is 25.3 Å². The first-order valence-corrected chi connectivity index (χ1v) is 6.08. The third kappa shape index (κ3) is 3.89. The number of amides is 1. The summed E-state index contributed by atoms with van der Waals surface area (Å²) in [6, 6.07) is 3.25. The molecular formula is C12H16Cl2N2O3. The van der Waals surface area contributed by atoms with Gasteiger partial charge in [0, 0.05) is 18.2 Å². The zero-order chi connectivity index (χ0) is 13.1. The van der Waals surface area contributed by atoms with Crippen molar-refractivity contribution in [3.8, 4) is 11.5 Å². The van der Waals surface area contributed by atoms with Gasteiger partial charge in [0.05, 0.1) is 5.02 Å². The average Bonchev–Trinajstić information content (AvgIpc) is 2.76. The summed E-state index contributed by atoms with van der Waals surface area (Å²) in [6.07, 6.45) is 0.726. The van der Waals surface area contributed by atoms with Crippen molar-refractivity contribution >= 4 is 29.9 Å². The van der Waals surface area contributed by atoms with Crippen molar-refractivity contribution in [1.29, 1.82) is 0 Å². The van der Waals surface area contributed by atoms with Crippen LogP contribution < -0.4 is 20.5 Å². The first-order valence-electron chi connectivity index (χ1n) is 5.71. The molecule has 0 radical (unpaired) electrons. The molecule has 2 rings (SSSR count). The molecule has 3 N–H and O–H groups in total. The monoisotopic (exact) mass is 306 g/mol. The largest absolute Gasteiger partial charge is 0.454 e. The van der Waals surface area contributed by atoms with Crippen molar-refractivity contribution in [3.05, 3.63) is 22.7 Å². The Labute approximate surface area is 122 Å². The van der Waals surface area contributed by atoms with Gasteiger partial charge in [-0.1, -0.05) is 11.6 Å². The molecule has 1 aromatic rings. The Morgan fingerprint density at radius 2 is 2.26 bits per heavy atom. The molecular weight excluding hydrogens is 291 g/mol. The highest BCUT2D eigenvalue weighted by Gasteiger charge is 2.20. The predicted octanol–water partition coefficient (Wildman–Crippen LogP) is 1.96. The average molecular weight is 307 g/mol. The molecule has 19 heavy (non-hydrogen) atoms. The van der Waals surface area contributed by atoms with Crippen LogP contribution in [0.3, 0.4) is 0 Å². The zero-order valence-corrected chi connectivity index (χ0v) is 12.0. The lowest BCUT2D eigenvalue weighted by Crippen LogP contribution is -2.28. The van der Waals surface area contributed by atoms with Gasteiger partial charge in [0.2, 0.25) is 6.79 Å². The van der Waals surface area contributed by atoms with E-state index in [1.807, 2.05) is 6.92 Å². The van der Waals surface area contributed by atoms with E-state index in [2.05, 4.69) is 5.32 Å². The Bertz CT molecular complexity index is 467. The molecule has 0 aromatic heterocycles. The van der Waals surface area contributed by atoms with E-state index in [0.29, 0.717) is 28.6 Å². The van der Waals surface area contributed by atoms with Gasteiger partial charge in [-0.05, 0) is 25.5 Å². The molecule has 0 saturated heterocycles. The molecule has 1 amide bonds. The summed E-state index contributed by atoms with van der Waals surface area (Å²) in [4.78, 5) is 11.9. The predicted molar refractivity (Wildman–Crippen MR) is 75.4 cm³/mol. The van der Waals surface area contributed by atoms with Crippen LogP contribution in [0, 0.1) is 0 Å². The fraction of sp³-hybridized carbons (Fsp3) is 0.417. The summed E-state index contributed by atoms with van der Waals surface area (Å²) >= 11 is 6.00. The van der Waals surface area contributed by atoms with Gasteiger partial charge in [-0.2, -0.15) is 0 Å². The van der Waals surface area contributed by atoms with Crippen molar-refractivity contribution in [3.63, 3.8) is 0 Å². The Kier molecular flexibility index (Phi) is 5.72. The minimum Gasteiger partial charge on any atom is -0.454 e. The summed E-state index contributed by atoms with van der Waals surface area (Å²) in [5.41, 5.74) is 6.06. The van der Waals surface area contributed by atoms with Gasteiger partial charge in [-0.15, -0.1) is 12.4 Å². The zero-order valence-electron chi connectivity index (χ0n) is 10.4. The number of benzene rings is 1. The van der Waals surface area contributed by atoms with Gasteiger partial charge in [-0.25, -0.2) is 0 Å². The first-order chi connectivity index (χ1) is 8.58. The van der Waals surface area contributed by atoms with E-state index >= 15 is 0 Å². The third-order valence-corrected chi connectivity index (χ3v) is 2.86. The maximum atomic E-state index is 11.9. The quantitative estimate of drug-likeness (QED) is 0.892. The number of carbonyl (C=O) groups is 1. The van der Waals surface area contributed by atoms with E-state index in [9.17, 15) is 4.79 Å². The lowest BCUT2D eigenvalue weighted by molar-refractivity contribution is 0.0952. The molecule has 1 aliphatic rings. The van der Waals surface area contributed by atoms with Crippen LogP contribution in [0.15, 0.2) is 12.1 Å². The highest BCUT2D eigenvalue weighted by molar-refractivity contribution is 6.32. The second-order valence-corrected chi connectivity index (χ2v) is 4.62. The highest BCUT2D eigenvalue weighted by Crippen LogP contribution is 2.39. The molecule has 0 bridgehead atoms. The van der Waals surface area contributed by atoms with Gasteiger partial charge < -0.3 is 20.5 Å². The number of hydrogen-bond donors (Lipinski definition) is 2. The van der Waals surface area contributed by atoms with Crippen LogP contribution in [0.4, 0.5) is 0 Å². The van der Waals surface area contributed by atoms with E-state index in [4.69, 9.17) is 26.8 Å². The van der Waals surface area contributed by atoms with Crippen LogP contribution in [0.5, 0.6) is 11.5 Å². The van der Waals surface area contributed by atoms with E-state index < -0.39 is 0 Å². The van der Waals surface area contributed by atoms with Crippen LogP contribution in [-0.2, 0) is 0 Å². The molecule has 1 heterocycles. The normalized spacial score (nSPS) is 13.6. The summed E-state index contributed by atoms with van der Waals surface area (Å²) in [5, 5.41) is 3.15. The number of carbonyl (C=O) groups excluding carboxylic acids is 1. The van der Waals surface area contributed by atoms with Gasteiger partial charge in [0.1, 0.15) is 0 Å². The molecule has 1 unspecified atom stereocenters. The number of nitrogens with one attached hydrogen (secondary N) is 1. The first kappa shape index (κ1) is 15.9. The standard InChI is InChI=1S/C12H15ClN2O3.ClH/c1-7(14)2-3-15-12(16)8-4-9(13)11-10(5-8)17-6-18-11;/h4-5,7H,2-3,6,14H2,1H3,(H,15,16);1H. The number of hydrogen-bond acceptors (Lipinski definition) is 4. The minimum atomic E-state index is -0.198. The maximum absolute atomic E-state index is 11.9. The SMILES string of the molecule is CC(N)CCNC(=O)c1cc(Cl)c2c(c1)OCO2.Cl. The molecule has 1 aliphatic heterocycles. The molecule has 5 nitrogen and oxygen atoms in total. The van der Waals surface area contributed by atoms with Crippen molar-refractivity contribution in [2.45, 2.75) is 19.4 Å². The topological polar surface area (TPSA) is 73.6 Å². The highest BCUT2D eigenvalue weighted by atomic mass is 35.5. The summed E-state index contributed by atoms with van der Waals surface area (Å²) < 4.78 is 10.4. The lowest BCUT2D eigenvalue weighted by Gasteiger charge is -2.08. The van der Waals surface area contributed by atoms with Crippen LogP contribution in [0.1, 0.15) is 23.7 Å². The molecule has 0 fully saturated rings. The van der Waals surface area contributed by atoms with Crippen molar-refractivity contribution in [2.24, 2.45) is 5.73 Å². The van der Waals surface area contributed by atoms with Crippen molar-refractivity contribution in [1.82, 2.24) is 5.32 Å². The number of fused-ring (bicyclic) bond motifs is 1. The van der Waals surface area contributed by atoms with Gasteiger partial charge in [0.25, 0.3) is 5.91 Å². The second-order valence-electron chi connectivity index (χ2n) is 4.21. The Balaban J connectivity index is 0.00000180. The molecule has 7 heteroatoms. The lowest BCUT2D eigenvalue weighted by atomic mass is 10.2. The molecule has 0 spiro atoms. The van der Waals surface area contributed by atoms with Gasteiger partial charge in [0.15, 0.2) is 11.5 Å². The van der Waals surface area contributed by atoms with Crippen molar-refractivity contribution in [2.75, 3.05) is 13.3 Å². The van der Waals surface area contributed by atoms with Gasteiger partial charge in [-0.3, -0.25) is 4.79 Å². The molecule has 1 atom stereocenters. The maximum Gasteiger partial charge on any atom is 0.251 e. The molecule has 106 valence electrons. The van der Waals surface area contributed by atoms with E-state index in [0.717, 1.165) is 6.42 Å². The number of halogens is 2. The summed E-state index contributed by atoms with van der Waals surface area (Å²) in [6.45, 7) is 2.55. The molecule has 0 aliphatic carbocycles. The number of nitrogens with two attached hydrogens (primary N) is 1. The Morgan fingerprint density at radius 3 is 2.95 bits per heavy atom. The molecule has 1 aromatic carbocycles.